The molecule has 0 aliphatic heterocycles. The van der Waals surface area contributed by atoms with E-state index in [0.29, 0.717) is 16.9 Å². The molecule has 94 valence electrons. The van der Waals surface area contributed by atoms with Crippen molar-refractivity contribution in [2.24, 2.45) is 0 Å². The summed E-state index contributed by atoms with van der Waals surface area (Å²) in [6.45, 7) is 1.79. The van der Waals surface area contributed by atoms with Gasteiger partial charge >= 0.3 is 0 Å². The van der Waals surface area contributed by atoms with E-state index in [1.165, 1.54) is 6.20 Å². The number of rotatable bonds is 2. The second-order valence-corrected chi connectivity index (χ2v) is 4.47. The van der Waals surface area contributed by atoms with Crippen molar-refractivity contribution in [1.82, 2.24) is 18.7 Å². The molecule has 0 saturated heterocycles. The first kappa shape index (κ1) is 11.7. The lowest BCUT2D eigenvalue weighted by atomic mass is 10.2. The van der Waals surface area contributed by atoms with Crippen molar-refractivity contribution in [3.8, 4) is 0 Å². The van der Waals surface area contributed by atoms with Crippen molar-refractivity contribution in [2.45, 2.75) is 6.92 Å². The van der Waals surface area contributed by atoms with E-state index in [9.17, 15) is 4.79 Å². The molecule has 19 heavy (non-hydrogen) atoms. The summed E-state index contributed by atoms with van der Waals surface area (Å²) >= 11 is 1.11. The summed E-state index contributed by atoms with van der Waals surface area (Å²) < 4.78 is 8.29. The monoisotopic (exact) mass is 271 g/mol. The maximum absolute atomic E-state index is 12.1. The third kappa shape index (κ3) is 2.27. The lowest BCUT2D eigenvalue weighted by Gasteiger charge is -2.04. The first-order valence-corrected chi connectivity index (χ1v) is 6.28. The Bertz CT molecular complexity index is 754. The fourth-order valence-electron chi connectivity index (χ4n) is 1.67. The molecule has 0 unspecified atom stereocenters. The third-order valence-electron chi connectivity index (χ3n) is 2.52. The van der Waals surface area contributed by atoms with E-state index in [4.69, 9.17) is 0 Å². The molecule has 0 radical (unpaired) electrons. The molecule has 1 amide bonds. The predicted molar refractivity (Wildman–Crippen MR) is 72.1 cm³/mol. The molecule has 1 N–H and O–H groups in total. The van der Waals surface area contributed by atoms with Crippen molar-refractivity contribution in [1.29, 1.82) is 0 Å². The van der Waals surface area contributed by atoms with Crippen LogP contribution in [0.15, 0.2) is 30.6 Å². The lowest BCUT2D eigenvalue weighted by Crippen LogP contribution is -2.14. The molecule has 0 aliphatic rings. The Labute approximate surface area is 112 Å². The fraction of sp³-hybridized carbons (Fsp3) is 0.0833. The van der Waals surface area contributed by atoms with Crippen molar-refractivity contribution in [2.75, 3.05) is 5.32 Å². The van der Waals surface area contributed by atoms with Gasteiger partial charge < -0.3 is 5.32 Å². The van der Waals surface area contributed by atoms with Gasteiger partial charge in [-0.3, -0.25) is 9.78 Å². The number of carbonyl (C=O) groups excluding carboxylic acids is 1. The molecule has 0 bridgehead atoms. The number of aromatic nitrogens is 4. The number of hydrogen-bond acceptors (Lipinski definition) is 6. The topological polar surface area (TPSA) is 80.7 Å². The van der Waals surface area contributed by atoms with Crippen LogP contribution in [-0.4, -0.2) is 24.6 Å². The molecule has 2 heterocycles. The summed E-state index contributed by atoms with van der Waals surface area (Å²) in [5.41, 5.74) is 3.04. The molecule has 7 heteroatoms. The van der Waals surface area contributed by atoms with Crippen LogP contribution in [0, 0.1) is 6.92 Å². The molecule has 0 saturated carbocycles. The van der Waals surface area contributed by atoms with Gasteiger partial charge in [-0.05, 0) is 19.1 Å². The maximum atomic E-state index is 12.1. The van der Waals surface area contributed by atoms with Gasteiger partial charge in [-0.1, -0.05) is 6.07 Å². The van der Waals surface area contributed by atoms with E-state index in [0.717, 1.165) is 17.2 Å². The number of fused-ring (bicyclic) bond motifs is 1. The normalized spacial score (nSPS) is 10.6. The number of amides is 1. The van der Waals surface area contributed by atoms with Crippen LogP contribution in [0.2, 0.25) is 0 Å². The SMILES string of the molecule is Cc1cncc(C(=O)Nc2cccc3nsnc23)n1. The predicted octanol–water partition coefficient (Wildman–Crippen LogP) is 2.04. The zero-order valence-corrected chi connectivity index (χ0v) is 10.8. The second kappa shape index (κ2) is 4.69. The van der Waals surface area contributed by atoms with Crippen LogP contribution in [0.1, 0.15) is 16.2 Å². The van der Waals surface area contributed by atoms with Crippen LogP contribution >= 0.6 is 11.7 Å². The van der Waals surface area contributed by atoms with Crippen LogP contribution in [0.25, 0.3) is 11.0 Å². The summed E-state index contributed by atoms with van der Waals surface area (Å²) in [6, 6.07) is 5.45. The average molecular weight is 271 g/mol. The largest absolute Gasteiger partial charge is 0.319 e. The number of carbonyl (C=O) groups is 1. The molecule has 0 fully saturated rings. The molecule has 1 aromatic carbocycles. The first-order chi connectivity index (χ1) is 9.24. The Morgan fingerprint density at radius 3 is 3.00 bits per heavy atom. The molecular formula is C12H9N5OS. The minimum absolute atomic E-state index is 0.278. The van der Waals surface area contributed by atoms with Gasteiger partial charge in [-0.2, -0.15) is 8.75 Å². The lowest BCUT2D eigenvalue weighted by molar-refractivity contribution is 0.102. The highest BCUT2D eigenvalue weighted by atomic mass is 32.1. The molecule has 0 spiro atoms. The van der Waals surface area contributed by atoms with Crippen LogP contribution in [0.5, 0.6) is 0 Å². The summed E-state index contributed by atoms with van der Waals surface area (Å²) in [5.74, 6) is -0.309. The van der Waals surface area contributed by atoms with Gasteiger partial charge in [0, 0.05) is 6.20 Å². The minimum Gasteiger partial charge on any atom is -0.319 e. The Morgan fingerprint density at radius 2 is 2.16 bits per heavy atom. The first-order valence-electron chi connectivity index (χ1n) is 5.55. The van der Waals surface area contributed by atoms with Gasteiger partial charge in [0.2, 0.25) is 0 Å². The number of nitrogens with one attached hydrogen (secondary N) is 1. The Kier molecular flexibility index (Phi) is 2.88. The van der Waals surface area contributed by atoms with Gasteiger partial charge in [0.05, 0.1) is 29.3 Å². The second-order valence-electron chi connectivity index (χ2n) is 3.94. The Hall–Kier alpha value is -2.41. The van der Waals surface area contributed by atoms with E-state index >= 15 is 0 Å². The summed E-state index contributed by atoms with van der Waals surface area (Å²) in [6.07, 6.45) is 3.03. The van der Waals surface area contributed by atoms with Crippen LogP contribution in [0.4, 0.5) is 5.69 Å². The van der Waals surface area contributed by atoms with Crippen molar-refractivity contribution in [3.05, 3.63) is 42.0 Å². The van der Waals surface area contributed by atoms with E-state index < -0.39 is 0 Å². The average Bonchev–Trinajstić information content (AvgIpc) is 2.88. The molecular weight excluding hydrogens is 262 g/mol. The zero-order chi connectivity index (χ0) is 13.2. The third-order valence-corrected chi connectivity index (χ3v) is 3.06. The van der Waals surface area contributed by atoms with Crippen molar-refractivity contribution >= 4 is 34.4 Å². The zero-order valence-electron chi connectivity index (χ0n) is 9.99. The van der Waals surface area contributed by atoms with E-state index in [2.05, 4.69) is 24.0 Å². The molecule has 2 aromatic heterocycles. The van der Waals surface area contributed by atoms with Crippen molar-refractivity contribution in [3.63, 3.8) is 0 Å². The Morgan fingerprint density at radius 1 is 1.26 bits per heavy atom. The smallest absolute Gasteiger partial charge is 0.275 e. The number of aryl methyl sites for hydroxylation is 1. The number of nitrogens with zero attached hydrogens (tertiary/aromatic N) is 4. The number of benzene rings is 1. The number of anilines is 1. The Balaban J connectivity index is 1.93. The standard InChI is InChI=1S/C12H9N5OS/c1-7-5-13-6-10(14-7)12(18)15-8-3-2-4-9-11(8)17-19-16-9/h2-6H,1H3,(H,15,18). The molecule has 3 aromatic rings. The highest BCUT2D eigenvalue weighted by Crippen LogP contribution is 2.21. The van der Waals surface area contributed by atoms with Crippen LogP contribution in [0.3, 0.4) is 0 Å². The van der Waals surface area contributed by atoms with Gasteiger partial charge in [-0.15, -0.1) is 0 Å². The summed E-state index contributed by atoms with van der Waals surface area (Å²) in [4.78, 5) is 20.2. The van der Waals surface area contributed by atoms with Gasteiger partial charge in [-0.25, -0.2) is 4.98 Å². The molecule has 0 atom stereocenters. The highest BCUT2D eigenvalue weighted by molar-refractivity contribution is 7.00. The van der Waals surface area contributed by atoms with Gasteiger partial charge in [0.25, 0.3) is 5.91 Å². The van der Waals surface area contributed by atoms with Gasteiger partial charge in [0.1, 0.15) is 16.7 Å². The molecule has 3 rings (SSSR count). The summed E-state index contributed by atoms with van der Waals surface area (Å²) in [7, 11) is 0. The van der Waals surface area contributed by atoms with E-state index in [1.807, 2.05) is 12.1 Å². The van der Waals surface area contributed by atoms with Crippen LogP contribution in [-0.2, 0) is 0 Å². The van der Waals surface area contributed by atoms with E-state index in [-0.39, 0.29) is 11.6 Å². The quantitative estimate of drug-likeness (QED) is 0.771. The number of hydrogen-bond donors (Lipinski definition) is 1. The molecule has 6 nitrogen and oxygen atoms in total. The molecule has 0 aliphatic carbocycles. The van der Waals surface area contributed by atoms with Crippen LogP contribution < -0.4 is 5.32 Å². The highest BCUT2D eigenvalue weighted by Gasteiger charge is 2.11. The summed E-state index contributed by atoms with van der Waals surface area (Å²) in [5, 5.41) is 2.78. The van der Waals surface area contributed by atoms with E-state index in [1.54, 1.807) is 19.2 Å². The minimum atomic E-state index is -0.309. The fourth-order valence-corrected chi connectivity index (χ4v) is 2.22. The van der Waals surface area contributed by atoms with Gasteiger partial charge in [0.15, 0.2) is 0 Å². The van der Waals surface area contributed by atoms with Crippen molar-refractivity contribution < 1.29 is 4.79 Å². The maximum Gasteiger partial charge on any atom is 0.275 e.